The predicted octanol–water partition coefficient (Wildman–Crippen LogP) is 0.448. The maximum Gasteiger partial charge on any atom is 0.314 e. The summed E-state index contributed by atoms with van der Waals surface area (Å²) in [5.74, 6) is -0.123. The lowest BCUT2D eigenvalue weighted by atomic mass is 10.1. The fraction of sp³-hybridized carbons (Fsp3) is 0.571. The van der Waals surface area contributed by atoms with E-state index in [-0.39, 0.29) is 11.4 Å². The largest absolute Gasteiger partial charge is 0.348 e. The third-order valence-corrected chi connectivity index (χ3v) is 0.684. The Balaban J connectivity index is 0. The van der Waals surface area contributed by atoms with E-state index in [2.05, 4.69) is 11.9 Å². The molecule has 0 rings (SSSR count). The van der Waals surface area contributed by atoms with Crippen LogP contribution < -0.4 is 5.32 Å². The van der Waals surface area contributed by atoms with Crippen LogP contribution in [-0.4, -0.2) is 21.2 Å². The van der Waals surface area contributed by atoms with E-state index in [1.807, 2.05) is 20.8 Å². The lowest BCUT2D eigenvalue weighted by molar-refractivity contribution is -0.117. The summed E-state index contributed by atoms with van der Waals surface area (Å²) < 4.78 is 8.74. The average Bonchev–Trinajstić information content (AvgIpc) is 1.82. The Bertz CT molecular complexity index is 193. The van der Waals surface area contributed by atoms with Crippen molar-refractivity contribution in [3.05, 3.63) is 12.7 Å². The molecule has 0 saturated heterocycles. The van der Waals surface area contributed by atoms with Gasteiger partial charge in [-0.05, 0) is 26.8 Å². The summed E-state index contributed by atoms with van der Waals surface area (Å²) in [5.41, 5.74) is -0.148. The first-order valence-electron chi connectivity index (χ1n) is 3.55. The Morgan fingerprint density at radius 3 is 1.85 bits per heavy atom. The van der Waals surface area contributed by atoms with Gasteiger partial charge in [0.15, 0.2) is 0 Å². The number of hydrogen-bond donors (Lipinski definition) is 3. The number of nitrogens with one attached hydrogen (secondary N) is 1. The SMILES string of the molecule is C=CC(=O)NC(C)(C)C.O=[PH](O)O. The third-order valence-electron chi connectivity index (χ3n) is 0.684. The summed E-state index contributed by atoms with van der Waals surface area (Å²) in [6, 6.07) is 0. The van der Waals surface area contributed by atoms with Crippen molar-refractivity contribution in [3.63, 3.8) is 0 Å². The first-order chi connectivity index (χ1) is 5.69. The molecule has 0 atom stereocenters. The van der Waals surface area contributed by atoms with Gasteiger partial charge in [-0.3, -0.25) is 9.36 Å². The van der Waals surface area contributed by atoms with Crippen molar-refractivity contribution in [3.8, 4) is 0 Å². The van der Waals surface area contributed by atoms with Crippen LogP contribution in [0.15, 0.2) is 12.7 Å². The third kappa shape index (κ3) is 24.6. The van der Waals surface area contributed by atoms with Crippen molar-refractivity contribution in [2.75, 3.05) is 0 Å². The summed E-state index contributed by atoms with van der Waals surface area (Å²) >= 11 is 0. The highest BCUT2D eigenvalue weighted by molar-refractivity contribution is 7.30. The number of carbonyl (C=O) groups is 1. The molecule has 0 fully saturated rings. The zero-order valence-corrected chi connectivity index (χ0v) is 9.00. The molecular weight excluding hydrogens is 193 g/mol. The van der Waals surface area contributed by atoms with Crippen LogP contribution >= 0.6 is 8.25 Å². The maximum absolute atomic E-state index is 10.6. The van der Waals surface area contributed by atoms with Gasteiger partial charge >= 0.3 is 8.25 Å². The molecule has 0 heterocycles. The fourth-order valence-corrected chi connectivity index (χ4v) is 0.421. The van der Waals surface area contributed by atoms with Crippen LogP contribution in [0.25, 0.3) is 0 Å². The summed E-state index contributed by atoms with van der Waals surface area (Å²) in [6.07, 6.45) is 1.27. The van der Waals surface area contributed by atoms with Crippen molar-refractivity contribution in [2.45, 2.75) is 26.3 Å². The standard InChI is InChI=1S/C7H13NO.H3O3P/c1-5-6(9)8-7(2,3)4;1-4(2)3/h5H,1H2,2-4H3,(H,8,9);4H,(H2,1,2,3). The second-order valence-corrected chi connectivity index (χ2v) is 3.79. The van der Waals surface area contributed by atoms with Crippen LogP contribution in [0.5, 0.6) is 0 Å². The lowest BCUT2D eigenvalue weighted by Gasteiger charge is -2.18. The van der Waals surface area contributed by atoms with E-state index in [4.69, 9.17) is 14.4 Å². The van der Waals surface area contributed by atoms with Crippen molar-refractivity contribution >= 4 is 14.2 Å². The molecule has 0 aromatic rings. The Kier molecular flexibility index (Phi) is 7.81. The van der Waals surface area contributed by atoms with E-state index in [1.165, 1.54) is 6.08 Å². The normalized spacial score (nSPS) is 10.0. The van der Waals surface area contributed by atoms with Crippen LogP contribution in [0.4, 0.5) is 0 Å². The topological polar surface area (TPSA) is 86.6 Å². The Morgan fingerprint density at radius 2 is 1.77 bits per heavy atom. The molecule has 0 aromatic heterocycles. The molecule has 0 aliphatic heterocycles. The van der Waals surface area contributed by atoms with Gasteiger partial charge in [-0.25, -0.2) is 0 Å². The molecule has 78 valence electrons. The van der Waals surface area contributed by atoms with Crippen molar-refractivity contribution < 1.29 is 19.1 Å². The molecular formula is C7H16NO4P. The van der Waals surface area contributed by atoms with Gasteiger partial charge in [0.05, 0.1) is 0 Å². The van der Waals surface area contributed by atoms with Crippen molar-refractivity contribution in [1.29, 1.82) is 0 Å². The van der Waals surface area contributed by atoms with Crippen LogP contribution in [-0.2, 0) is 9.36 Å². The monoisotopic (exact) mass is 209 g/mol. The molecule has 0 bridgehead atoms. The van der Waals surface area contributed by atoms with E-state index in [9.17, 15) is 4.79 Å². The predicted molar refractivity (Wildman–Crippen MR) is 51.5 cm³/mol. The van der Waals surface area contributed by atoms with Gasteiger partial charge in [0.25, 0.3) is 0 Å². The minimum Gasteiger partial charge on any atom is -0.348 e. The summed E-state index contributed by atoms with van der Waals surface area (Å²) in [6.45, 7) is 9.11. The zero-order valence-electron chi connectivity index (χ0n) is 8.00. The van der Waals surface area contributed by atoms with Crippen LogP contribution in [0.1, 0.15) is 20.8 Å². The summed E-state index contributed by atoms with van der Waals surface area (Å²) in [4.78, 5) is 24.9. The number of amides is 1. The minimum atomic E-state index is -3.13. The molecule has 0 aliphatic carbocycles. The van der Waals surface area contributed by atoms with Gasteiger partial charge in [-0.15, -0.1) is 0 Å². The highest BCUT2D eigenvalue weighted by atomic mass is 31.1. The zero-order chi connectivity index (χ0) is 11.1. The molecule has 0 aliphatic rings. The van der Waals surface area contributed by atoms with Crippen LogP contribution in [0.2, 0.25) is 0 Å². The minimum absolute atomic E-state index is 0.123. The van der Waals surface area contributed by atoms with Gasteiger partial charge < -0.3 is 15.1 Å². The number of rotatable bonds is 1. The van der Waals surface area contributed by atoms with Crippen molar-refractivity contribution in [1.82, 2.24) is 5.32 Å². The molecule has 0 unspecified atom stereocenters. The van der Waals surface area contributed by atoms with E-state index < -0.39 is 8.25 Å². The molecule has 1 amide bonds. The molecule has 0 spiro atoms. The Hall–Kier alpha value is -0.640. The maximum atomic E-state index is 10.6. The number of hydrogen-bond acceptors (Lipinski definition) is 2. The van der Waals surface area contributed by atoms with Gasteiger partial charge in [-0.2, -0.15) is 0 Å². The van der Waals surface area contributed by atoms with Crippen LogP contribution in [0, 0.1) is 0 Å². The average molecular weight is 209 g/mol. The highest BCUT2D eigenvalue weighted by Gasteiger charge is 2.10. The Labute approximate surface area is 78.4 Å². The van der Waals surface area contributed by atoms with E-state index in [0.717, 1.165) is 0 Å². The molecule has 6 heteroatoms. The van der Waals surface area contributed by atoms with E-state index >= 15 is 0 Å². The van der Waals surface area contributed by atoms with Gasteiger partial charge in [0.2, 0.25) is 5.91 Å². The molecule has 0 aromatic carbocycles. The second kappa shape index (κ2) is 6.83. The second-order valence-electron chi connectivity index (χ2n) is 3.23. The quantitative estimate of drug-likeness (QED) is 0.432. The van der Waals surface area contributed by atoms with Gasteiger partial charge in [0.1, 0.15) is 0 Å². The van der Waals surface area contributed by atoms with Crippen LogP contribution in [0.3, 0.4) is 0 Å². The fourth-order valence-electron chi connectivity index (χ4n) is 0.421. The molecule has 5 nitrogen and oxygen atoms in total. The first kappa shape index (κ1) is 14.9. The molecule has 3 N–H and O–H groups in total. The van der Waals surface area contributed by atoms with Gasteiger partial charge in [-0.1, -0.05) is 6.58 Å². The lowest BCUT2D eigenvalue weighted by Crippen LogP contribution is -2.39. The smallest absolute Gasteiger partial charge is 0.314 e. The molecule has 13 heavy (non-hydrogen) atoms. The van der Waals surface area contributed by atoms with E-state index in [0.29, 0.717) is 0 Å². The summed E-state index contributed by atoms with van der Waals surface area (Å²) in [7, 11) is -3.13. The first-order valence-corrected chi connectivity index (χ1v) is 4.86. The molecule has 0 radical (unpaired) electrons. The van der Waals surface area contributed by atoms with E-state index in [1.54, 1.807) is 0 Å². The number of carbonyl (C=O) groups excluding carboxylic acids is 1. The summed E-state index contributed by atoms with van der Waals surface area (Å²) in [5, 5.41) is 2.71. The Morgan fingerprint density at radius 1 is 1.46 bits per heavy atom. The molecule has 0 saturated carbocycles. The highest BCUT2D eigenvalue weighted by Crippen LogP contribution is 1.98. The van der Waals surface area contributed by atoms with Crippen molar-refractivity contribution in [2.24, 2.45) is 0 Å². The van der Waals surface area contributed by atoms with Gasteiger partial charge in [0, 0.05) is 5.54 Å².